The standard InChI is InChI=1S/C17H16N2O4/c1-21-11-2-3-12-14(10-11)23-17(20)15-13(4-5-18-16(12)15)19-6-8-22-9-7-19/h2-5,10H,6-9H2,1H3. The highest BCUT2D eigenvalue weighted by Crippen LogP contribution is 2.30. The van der Waals surface area contributed by atoms with Crippen molar-refractivity contribution in [3.05, 3.63) is 40.9 Å². The number of ether oxygens (including phenoxy) is 2. The number of hydrogen-bond acceptors (Lipinski definition) is 6. The summed E-state index contributed by atoms with van der Waals surface area (Å²) in [5.74, 6) is 0.643. The van der Waals surface area contributed by atoms with Crippen molar-refractivity contribution in [3.63, 3.8) is 0 Å². The zero-order chi connectivity index (χ0) is 15.8. The maximum atomic E-state index is 12.6. The van der Waals surface area contributed by atoms with Crippen molar-refractivity contribution in [2.24, 2.45) is 0 Å². The molecule has 6 nitrogen and oxygen atoms in total. The van der Waals surface area contributed by atoms with Crippen LogP contribution in [0.3, 0.4) is 0 Å². The van der Waals surface area contributed by atoms with Crippen LogP contribution in [0.5, 0.6) is 5.75 Å². The Morgan fingerprint density at radius 3 is 2.83 bits per heavy atom. The van der Waals surface area contributed by atoms with Crippen LogP contribution in [-0.2, 0) is 4.74 Å². The number of nitrogens with zero attached hydrogens (tertiary/aromatic N) is 2. The van der Waals surface area contributed by atoms with Gasteiger partial charge in [-0.15, -0.1) is 0 Å². The van der Waals surface area contributed by atoms with Crippen LogP contribution < -0.4 is 15.3 Å². The van der Waals surface area contributed by atoms with E-state index < -0.39 is 0 Å². The maximum Gasteiger partial charge on any atom is 0.347 e. The van der Waals surface area contributed by atoms with Crippen molar-refractivity contribution >= 4 is 27.6 Å². The Bertz CT molecular complexity index is 929. The lowest BCUT2D eigenvalue weighted by Gasteiger charge is -2.29. The summed E-state index contributed by atoms with van der Waals surface area (Å²) in [5, 5.41) is 1.32. The molecule has 1 aromatic carbocycles. The summed E-state index contributed by atoms with van der Waals surface area (Å²) in [4.78, 5) is 19.1. The van der Waals surface area contributed by atoms with Gasteiger partial charge in [-0.2, -0.15) is 0 Å². The zero-order valence-corrected chi connectivity index (χ0v) is 12.7. The second-order valence-corrected chi connectivity index (χ2v) is 5.40. The summed E-state index contributed by atoms with van der Waals surface area (Å²) in [7, 11) is 1.58. The van der Waals surface area contributed by atoms with E-state index in [2.05, 4.69) is 9.88 Å². The van der Waals surface area contributed by atoms with Gasteiger partial charge in [-0.05, 0) is 18.2 Å². The van der Waals surface area contributed by atoms with Gasteiger partial charge in [-0.1, -0.05) is 0 Å². The molecule has 0 atom stereocenters. The van der Waals surface area contributed by atoms with Gasteiger partial charge in [0, 0.05) is 30.7 Å². The van der Waals surface area contributed by atoms with Gasteiger partial charge >= 0.3 is 5.63 Å². The third kappa shape index (κ3) is 2.31. The van der Waals surface area contributed by atoms with E-state index in [0.29, 0.717) is 35.4 Å². The van der Waals surface area contributed by atoms with E-state index in [0.717, 1.165) is 24.2 Å². The van der Waals surface area contributed by atoms with E-state index in [1.807, 2.05) is 18.2 Å². The van der Waals surface area contributed by atoms with Crippen LogP contribution in [0, 0.1) is 0 Å². The number of fused-ring (bicyclic) bond motifs is 3. The Labute approximate surface area is 132 Å². The minimum Gasteiger partial charge on any atom is -0.497 e. The van der Waals surface area contributed by atoms with E-state index in [-0.39, 0.29) is 5.63 Å². The number of rotatable bonds is 2. The third-order valence-electron chi connectivity index (χ3n) is 4.13. The van der Waals surface area contributed by atoms with Gasteiger partial charge in [0.2, 0.25) is 0 Å². The Morgan fingerprint density at radius 1 is 1.22 bits per heavy atom. The Hall–Kier alpha value is -2.60. The van der Waals surface area contributed by atoms with Gasteiger partial charge in [0.25, 0.3) is 0 Å². The topological polar surface area (TPSA) is 64.8 Å². The highest BCUT2D eigenvalue weighted by atomic mass is 16.5. The van der Waals surface area contributed by atoms with Gasteiger partial charge in [-0.25, -0.2) is 4.79 Å². The molecule has 118 valence electrons. The maximum absolute atomic E-state index is 12.6. The fourth-order valence-corrected chi connectivity index (χ4v) is 2.99. The second kappa shape index (κ2) is 5.55. The molecule has 6 heteroatoms. The lowest BCUT2D eigenvalue weighted by molar-refractivity contribution is 0.123. The molecule has 2 aromatic heterocycles. The number of anilines is 1. The first-order chi connectivity index (χ1) is 11.3. The van der Waals surface area contributed by atoms with Gasteiger partial charge in [-0.3, -0.25) is 4.98 Å². The van der Waals surface area contributed by atoms with Gasteiger partial charge in [0.1, 0.15) is 16.7 Å². The van der Waals surface area contributed by atoms with Gasteiger partial charge < -0.3 is 18.8 Å². The largest absolute Gasteiger partial charge is 0.497 e. The SMILES string of the molecule is COc1ccc2c(c1)oc(=O)c1c(N3CCOCC3)ccnc12. The summed E-state index contributed by atoms with van der Waals surface area (Å²) < 4.78 is 16.1. The Kier molecular flexibility index (Phi) is 3.38. The molecule has 0 radical (unpaired) electrons. The lowest BCUT2D eigenvalue weighted by atomic mass is 10.1. The van der Waals surface area contributed by atoms with Crippen LogP contribution in [-0.4, -0.2) is 38.4 Å². The molecule has 23 heavy (non-hydrogen) atoms. The molecule has 3 aromatic rings. The van der Waals surface area contributed by atoms with E-state index in [1.54, 1.807) is 19.4 Å². The van der Waals surface area contributed by atoms with Crippen molar-refractivity contribution in [1.82, 2.24) is 4.98 Å². The number of methoxy groups -OCH3 is 1. The highest BCUT2D eigenvalue weighted by Gasteiger charge is 2.19. The summed E-state index contributed by atoms with van der Waals surface area (Å²) >= 11 is 0. The fourth-order valence-electron chi connectivity index (χ4n) is 2.99. The fraction of sp³-hybridized carbons (Fsp3) is 0.294. The van der Waals surface area contributed by atoms with Crippen molar-refractivity contribution < 1.29 is 13.9 Å². The first kappa shape index (κ1) is 14.0. The summed E-state index contributed by atoms with van der Waals surface area (Å²) in [6.07, 6.45) is 1.73. The minimum atomic E-state index is -0.379. The van der Waals surface area contributed by atoms with Crippen molar-refractivity contribution in [3.8, 4) is 5.75 Å². The number of aromatic nitrogens is 1. The Morgan fingerprint density at radius 2 is 2.04 bits per heavy atom. The normalized spacial score (nSPS) is 15.3. The Balaban J connectivity index is 2.00. The van der Waals surface area contributed by atoms with Crippen molar-refractivity contribution in [1.29, 1.82) is 0 Å². The zero-order valence-electron chi connectivity index (χ0n) is 12.7. The number of benzene rings is 1. The molecule has 0 aliphatic carbocycles. The smallest absolute Gasteiger partial charge is 0.347 e. The monoisotopic (exact) mass is 312 g/mol. The van der Waals surface area contributed by atoms with E-state index in [4.69, 9.17) is 13.9 Å². The predicted molar refractivity (Wildman–Crippen MR) is 87.4 cm³/mol. The molecule has 0 N–H and O–H groups in total. The number of hydrogen-bond donors (Lipinski definition) is 0. The van der Waals surface area contributed by atoms with Crippen LogP contribution >= 0.6 is 0 Å². The molecule has 4 rings (SSSR count). The van der Waals surface area contributed by atoms with Crippen LogP contribution in [0.25, 0.3) is 21.9 Å². The van der Waals surface area contributed by atoms with Crippen LogP contribution in [0.4, 0.5) is 5.69 Å². The van der Waals surface area contributed by atoms with Crippen LogP contribution in [0.15, 0.2) is 39.7 Å². The van der Waals surface area contributed by atoms with Crippen molar-refractivity contribution in [2.75, 3.05) is 38.3 Å². The number of pyridine rings is 1. The highest BCUT2D eigenvalue weighted by molar-refractivity contribution is 6.06. The number of morpholine rings is 1. The molecule has 1 fully saturated rings. The molecule has 0 bridgehead atoms. The summed E-state index contributed by atoms with van der Waals surface area (Å²) in [5.41, 5.74) is 1.61. The molecule has 0 saturated carbocycles. The van der Waals surface area contributed by atoms with Crippen LogP contribution in [0.2, 0.25) is 0 Å². The summed E-state index contributed by atoms with van der Waals surface area (Å²) in [6.45, 7) is 2.80. The van der Waals surface area contributed by atoms with Gasteiger partial charge in [0.05, 0.1) is 31.5 Å². The van der Waals surface area contributed by atoms with E-state index >= 15 is 0 Å². The molecule has 3 heterocycles. The first-order valence-electron chi connectivity index (χ1n) is 7.50. The molecule has 0 amide bonds. The van der Waals surface area contributed by atoms with Crippen LogP contribution in [0.1, 0.15) is 0 Å². The third-order valence-corrected chi connectivity index (χ3v) is 4.13. The molecule has 0 spiro atoms. The average molecular weight is 312 g/mol. The molecule has 1 saturated heterocycles. The molecule has 0 unspecified atom stereocenters. The lowest BCUT2D eigenvalue weighted by Crippen LogP contribution is -2.36. The molecular formula is C17H16N2O4. The minimum absolute atomic E-state index is 0.379. The average Bonchev–Trinajstić information content (AvgIpc) is 2.61. The van der Waals surface area contributed by atoms with E-state index in [1.165, 1.54) is 0 Å². The predicted octanol–water partition coefficient (Wildman–Crippen LogP) is 2.19. The molecule has 1 aliphatic heterocycles. The van der Waals surface area contributed by atoms with Gasteiger partial charge in [0.15, 0.2) is 0 Å². The summed E-state index contributed by atoms with van der Waals surface area (Å²) in [6, 6.07) is 7.28. The molecule has 1 aliphatic rings. The molecular weight excluding hydrogens is 296 g/mol. The second-order valence-electron chi connectivity index (χ2n) is 5.40. The van der Waals surface area contributed by atoms with Crippen molar-refractivity contribution in [2.45, 2.75) is 0 Å². The first-order valence-corrected chi connectivity index (χ1v) is 7.50. The van der Waals surface area contributed by atoms with E-state index in [9.17, 15) is 4.79 Å². The quantitative estimate of drug-likeness (QED) is 0.534.